The molecule has 122 valence electrons. The van der Waals surface area contributed by atoms with E-state index in [9.17, 15) is 0 Å². The highest BCUT2D eigenvalue weighted by atomic mass is 16.5. The Bertz CT molecular complexity index is 626. The van der Waals surface area contributed by atoms with Gasteiger partial charge in [-0.3, -0.25) is 4.90 Å². The van der Waals surface area contributed by atoms with Gasteiger partial charge >= 0.3 is 0 Å². The van der Waals surface area contributed by atoms with Gasteiger partial charge in [-0.1, -0.05) is 6.07 Å². The Kier molecular flexibility index (Phi) is 4.92. The van der Waals surface area contributed by atoms with Crippen LogP contribution in [-0.4, -0.2) is 54.7 Å². The van der Waals surface area contributed by atoms with Gasteiger partial charge in [0.2, 0.25) is 5.95 Å². The molecule has 2 aromatic rings. The van der Waals surface area contributed by atoms with Crippen LogP contribution in [0, 0.1) is 0 Å². The number of anilines is 2. The molecule has 1 aromatic carbocycles. The van der Waals surface area contributed by atoms with Crippen LogP contribution >= 0.6 is 0 Å². The molecule has 6 heteroatoms. The first-order valence-corrected chi connectivity index (χ1v) is 7.93. The summed E-state index contributed by atoms with van der Waals surface area (Å²) in [5, 5.41) is 0. The van der Waals surface area contributed by atoms with E-state index in [1.165, 1.54) is 5.56 Å². The van der Waals surface area contributed by atoms with E-state index in [0.717, 1.165) is 50.8 Å². The minimum atomic E-state index is 0.705. The summed E-state index contributed by atoms with van der Waals surface area (Å²) in [7, 11) is 1.64. The second-order valence-corrected chi connectivity index (χ2v) is 5.70. The van der Waals surface area contributed by atoms with Crippen LogP contribution in [0.3, 0.4) is 0 Å². The van der Waals surface area contributed by atoms with Crippen molar-refractivity contribution in [2.45, 2.75) is 6.42 Å². The summed E-state index contributed by atoms with van der Waals surface area (Å²) < 4.78 is 5.20. The summed E-state index contributed by atoms with van der Waals surface area (Å²) in [6.45, 7) is 5.03. The molecule has 0 bridgehead atoms. The van der Waals surface area contributed by atoms with Crippen molar-refractivity contribution in [3.8, 4) is 5.75 Å². The fraction of sp³-hybridized carbons (Fsp3) is 0.412. The maximum atomic E-state index is 5.96. The fourth-order valence-electron chi connectivity index (χ4n) is 2.85. The van der Waals surface area contributed by atoms with E-state index >= 15 is 0 Å². The van der Waals surface area contributed by atoms with Crippen LogP contribution in [0.25, 0.3) is 0 Å². The summed E-state index contributed by atoms with van der Waals surface area (Å²) in [4.78, 5) is 13.3. The molecule has 1 aliphatic heterocycles. The lowest BCUT2D eigenvalue weighted by molar-refractivity contribution is 0.260. The van der Waals surface area contributed by atoms with E-state index in [1.807, 2.05) is 18.2 Å². The topological polar surface area (TPSA) is 67.5 Å². The summed E-state index contributed by atoms with van der Waals surface area (Å²) >= 11 is 0. The molecule has 2 heterocycles. The largest absolute Gasteiger partial charge is 0.495 e. The number of nitrogens with zero attached hydrogens (tertiary/aromatic N) is 4. The molecule has 1 fully saturated rings. The van der Waals surface area contributed by atoms with Crippen molar-refractivity contribution < 1.29 is 4.74 Å². The molecule has 0 amide bonds. The van der Waals surface area contributed by atoms with Gasteiger partial charge in [0.15, 0.2) is 0 Å². The average Bonchev–Trinajstić information content (AvgIpc) is 2.61. The van der Waals surface area contributed by atoms with Crippen LogP contribution in [0.5, 0.6) is 5.75 Å². The van der Waals surface area contributed by atoms with E-state index in [2.05, 4.69) is 25.8 Å². The molecule has 1 aromatic heterocycles. The Hall–Kier alpha value is -2.34. The van der Waals surface area contributed by atoms with Gasteiger partial charge in [0.1, 0.15) is 5.75 Å². The van der Waals surface area contributed by atoms with Crippen LogP contribution in [0.1, 0.15) is 5.56 Å². The average molecular weight is 313 g/mol. The van der Waals surface area contributed by atoms with E-state index in [0.29, 0.717) is 5.69 Å². The number of hydrogen-bond acceptors (Lipinski definition) is 6. The molecule has 0 saturated carbocycles. The van der Waals surface area contributed by atoms with E-state index in [4.69, 9.17) is 10.5 Å². The van der Waals surface area contributed by atoms with Crippen LogP contribution in [0.15, 0.2) is 36.7 Å². The lowest BCUT2D eigenvalue weighted by Crippen LogP contribution is -2.47. The van der Waals surface area contributed by atoms with E-state index in [1.54, 1.807) is 19.5 Å². The standard InChI is InChI=1S/C17H23N5O/c1-23-16-4-3-14(13-15(16)18)5-8-21-9-11-22(12-10-21)17-19-6-2-7-20-17/h2-4,6-7,13H,5,8-12,18H2,1H3. The molecule has 0 unspecified atom stereocenters. The maximum absolute atomic E-state index is 5.96. The molecule has 0 spiro atoms. The van der Waals surface area contributed by atoms with Gasteiger partial charge < -0.3 is 15.4 Å². The van der Waals surface area contributed by atoms with E-state index in [-0.39, 0.29) is 0 Å². The lowest BCUT2D eigenvalue weighted by Gasteiger charge is -2.34. The predicted octanol–water partition coefficient (Wildman–Crippen LogP) is 1.43. The van der Waals surface area contributed by atoms with Crippen molar-refractivity contribution in [3.63, 3.8) is 0 Å². The number of hydrogen-bond donors (Lipinski definition) is 1. The van der Waals surface area contributed by atoms with Gasteiger partial charge in [-0.2, -0.15) is 0 Å². The molecule has 1 saturated heterocycles. The first-order chi connectivity index (χ1) is 11.3. The molecule has 23 heavy (non-hydrogen) atoms. The van der Waals surface area contributed by atoms with Gasteiger partial charge in [0.25, 0.3) is 0 Å². The lowest BCUT2D eigenvalue weighted by atomic mass is 10.1. The van der Waals surface area contributed by atoms with Crippen LogP contribution in [-0.2, 0) is 6.42 Å². The number of ether oxygens (including phenoxy) is 1. The van der Waals surface area contributed by atoms with Gasteiger partial charge in [-0.15, -0.1) is 0 Å². The van der Waals surface area contributed by atoms with Gasteiger partial charge in [-0.25, -0.2) is 9.97 Å². The van der Waals surface area contributed by atoms with Crippen LogP contribution < -0.4 is 15.4 Å². The number of nitrogens with two attached hydrogens (primary N) is 1. The monoisotopic (exact) mass is 313 g/mol. The molecule has 0 aliphatic carbocycles. The van der Waals surface area contributed by atoms with E-state index < -0.39 is 0 Å². The second-order valence-electron chi connectivity index (χ2n) is 5.70. The Labute approximate surface area is 136 Å². The third kappa shape index (κ3) is 3.90. The smallest absolute Gasteiger partial charge is 0.225 e. The van der Waals surface area contributed by atoms with Crippen molar-refractivity contribution in [2.75, 3.05) is 50.5 Å². The Morgan fingerprint density at radius 3 is 2.52 bits per heavy atom. The minimum absolute atomic E-state index is 0.705. The van der Waals surface area contributed by atoms with Crippen molar-refractivity contribution in [2.24, 2.45) is 0 Å². The number of aromatic nitrogens is 2. The molecular formula is C17H23N5O. The van der Waals surface area contributed by atoms with Gasteiger partial charge in [0.05, 0.1) is 12.8 Å². The second kappa shape index (κ2) is 7.28. The third-order valence-corrected chi connectivity index (χ3v) is 4.22. The maximum Gasteiger partial charge on any atom is 0.225 e. The summed E-state index contributed by atoms with van der Waals surface area (Å²) in [6.07, 6.45) is 4.58. The van der Waals surface area contributed by atoms with Crippen molar-refractivity contribution in [3.05, 3.63) is 42.2 Å². The number of benzene rings is 1. The Balaban J connectivity index is 1.48. The van der Waals surface area contributed by atoms with Crippen molar-refractivity contribution in [1.82, 2.24) is 14.9 Å². The third-order valence-electron chi connectivity index (χ3n) is 4.22. The van der Waals surface area contributed by atoms with Gasteiger partial charge in [-0.05, 0) is 30.2 Å². The Morgan fingerprint density at radius 2 is 1.87 bits per heavy atom. The normalized spacial score (nSPS) is 15.6. The summed E-state index contributed by atoms with van der Waals surface area (Å²) in [6, 6.07) is 7.88. The zero-order valence-electron chi connectivity index (χ0n) is 13.5. The number of piperazine rings is 1. The highest BCUT2D eigenvalue weighted by molar-refractivity contribution is 5.54. The summed E-state index contributed by atoms with van der Waals surface area (Å²) in [5.74, 6) is 1.57. The quantitative estimate of drug-likeness (QED) is 0.842. The predicted molar refractivity (Wildman–Crippen MR) is 91.8 cm³/mol. The highest BCUT2D eigenvalue weighted by Gasteiger charge is 2.18. The molecular weight excluding hydrogens is 290 g/mol. The highest BCUT2D eigenvalue weighted by Crippen LogP contribution is 2.22. The zero-order valence-corrected chi connectivity index (χ0v) is 13.5. The Morgan fingerprint density at radius 1 is 1.13 bits per heavy atom. The molecule has 1 aliphatic rings. The number of rotatable bonds is 5. The molecule has 2 N–H and O–H groups in total. The van der Waals surface area contributed by atoms with Crippen molar-refractivity contribution in [1.29, 1.82) is 0 Å². The van der Waals surface area contributed by atoms with Crippen LogP contribution in [0.2, 0.25) is 0 Å². The fourth-order valence-corrected chi connectivity index (χ4v) is 2.85. The molecule has 0 atom stereocenters. The molecule has 6 nitrogen and oxygen atoms in total. The first-order valence-electron chi connectivity index (χ1n) is 7.93. The zero-order chi connectivity index (χ0) is 16.1. The number of methoxy groups -OCH3 is 1. The van der Waals surface area contributed by atoms with Crippen molar-refractivity contribution >= 4 is 11.6 Å². The first kappa shape index (κ1) is 15.6. The summed E-state index contributed by atoms with van der Waals surface area (Å²) in [5.41, 5.74) is 7.92. The SMILES string of the molecule is COc1ccc(CCN2CCN(c3ncccn3)CC2)cc1N. The molecule has 3 rings (SSSR count). The molecule has 0 radical (unpaired) electrons. The van der Waals surface area contributed by atoms with Crippen LogP contribution in [0.4, 0.5) is 11.6 Å². The number of nitrogen functional groups attached to an aromatic ring is 1. The van der Waals surface area contributed by atoms with Gasteiger partial charge in [0, 0.05) is 45.1 Å². The minimum Gasteiger partial charge on any atom is -0.495 e.